The number of hydrogen-bond donors (Lipinski definition) is 2. The maximum Gasteiger partial charge on any atom is 0.213 e. The molecule has 4 atom stereocenters. The van der Waals surface area contributed by atoms with Crippen molar-refractivity contribution < 1.29 is 13.2 Å². The highest BCUT2D eigenvalue weighted by Crippen LogP contribution is 2.64. The van der Waals surface area contributed by atoms with Gasteiger partial charge in [-0.05, 0) is 35.3 Å². The Kier molecular flexibility index (Phi) is 5.37. The van der Waals surface area contributed by atoms with Crippen molar-refractivity contribution in [3.63, 3.8) is 0 Å². The molecule has 30 heavy (non-hydrogen) atoms. The number of benzene rings is 2. The second-order valence-electron chi connectivity index (χ2n) is 9.37. The minimum absolute atomic E-state index is 0.0951. The minimum Gasteiger partial charge on any atom is -0.322 e. The Morgan fingerprint density at radius 1 is 1.03 bits per heavy atom. The SMILES string of the molecule is CC1(C)[C@H]2CC[C@]1(CS(=O)(=O)N[C@@H](c1ccccc1)[C@@H](N)c1ccccc1)C(=O)C2. The third kappa shape index (κ3) is 3.51. The number of sulfonamides is 1. The standard InChI is InChI=1S/C24H30N2O3S/c1-23(2)19-13-14-24(23,20(27)15-19)16-30(28,29)26-22(18-11-7-4-8-12-18)21(25)17-9-5-3-6-10-17/h3-12,19,21-22,26H,13-16,25H2,1-2H3/t19-,21-,22-,24-/m0/s1. The molecule has 0 radical (unpaired) electrons. The first-order chi connectivity index (χ1) is 14.2. The number of ketones is 1. The van der Waals surface area contributed by atoms with Crippen LogP contribution in [0.3, 0.4) is 0 Å². The van der Waals surface area contributed by atoms with Crippen molar-refractivity contribution in [2.24, 2.45) is 22.5 Å². The molecule has 2 saturated carbocycles. The molecule has 0 heterocycles. The summed E-state index contributed by atoms with van der Waals surface area (Å²) in [4.78, 5) is 12.8. The number of nitrogens with one attached hydrogen (secondary N) is 1. The van der Waals surface area contributed by atoms with E-state index in [1.165, 1.54) is 0 Å². The van der Waals surface area contributed by atoms with Gasteiger partial charge < -0.3 is 5.73 Å². The lowest BCUT2D eigenvalue weighted by atomic mass is 9.70. The number of carbonyl (C=O) groups is 1. The average Bonchev–Trinajstić information content (AvgIpc) is 3.07. The Labute approximate surface area is 179 Å². The molecule has 0 unspecified atom stereocenters. The zero-order chi connectivity index (χ0) is 21.6. The summed E-state index contributed by atoms with van der Waals surface area (Å²) in [7, 11) is -3.76. The summed E-state index contributed by atoms with van der Waals surface area (Å²) in [5.41, 5.74) is 7.09. The second kappa shape index (κ2) is 7.59. The van der Waals surface area contributed by atoms with Crippen LogP contribution < -0.4 is 10.5 Å². The summed E-state index contributed by atoms with van der Waals surface area (Å²) in [5.74, 6) is 0.196. The van der Waals surface area contributed by atoms with Crippen molar-refractivity contribution in [2.45, 2.75) is 45.2 Å². The van der Waals surface area contributed by atoms with Crippen molar-refractivity contribution in [3.8, 4) is 0 Å². The molecular formula is C24H30N2O3S. The summed E-state index contributed by atoms with van der Waals surface area (Å²) >= 11 is 0. The van der Waals surface area contributed by atoms with Crippen LogP contribution in [-0.2, 0) is 14.8 Å². The smallest absolute Gasteiger partial charge is 0.213 e. The molecule has 6 heteroatoms. The molecule has 2 aromatic rings. The molecule has 0 aromatic heterocycles. The van der Waals surface area contributed by atoms with Crippen LogP contribution in [0.4, 0.5) is 0 Å². The number of fused-ring (bicyclic) bond motifs is 2. The van der Waals surface area contributed by atoms with Crippen LogP contribution in [0.1, 0.15) is 56.3 Å². The van der Waals surface area contributed by atoms with Gasteiger partial charge in [0.05, 0.1) is 17.8 Å². The van der Waals surface area contributed by atoms with E-state index in [1.54, 1.807) is 0 Å². The van der Waals surface area contributed by atoms with Gasteiger partial charge in [-0.1, -0.05) is 74.5 Å². The average molecular weight is 427 g/mol. The molecule has 0 aliphatic heterocycles. The van der Waals surface area contributed by atoms with Crippen LogP contribution in [0.25, 0.3) is 0 Å². The highest BCUT2D eigenvalue weighted by Gasteiger charge is 2.65. The lowest BCUT2D eigenvalue weighted by Crippen LogP contribution is -2.47. The number of rotatable bonds is 7. The zero-order valence-electron chi connectivity index (χ0n) is 17.5. The number of Topliss-reactive ketones (excluding diaryl/α,β-unsaturated/α-hetero) is 1. The molecule has 3 N–H and O–H groups in total. The lowest BCUT2D eigenvalue weighted by Gasteiger charge is -2.37. The molecular weight excluding hydrogens is 396 g/mol. The Hall–Kier alpha value is -2.02. The van der Waals surface area contributed by atoms with Gasteiger partial charge in [-0.25, -0.2) is 13.1 Å². The van der Waals surface area contributed by atoms with Crippen molar-refractivity contribution in [3.05, 3.63) is 71.8 Å². The first-order valence-corrected chi connectivity index (χ1v) is 12.2. The predicted molar refractivity (Wildman–Crippen MR) is 118 cm³/mol. The zero-order valence-corrected chi connectivity index (χ0v) is 18.4. The van der Waals surface area contributed by atoms with Crippen LogP contribution in [0.2, 0.25) is 0 Å². The molecule has 160 valence electrons. The quantitative estimate of drug-likeness (QED) is 0.706. The van der Waals surface area contributed by atoms with E-state index in [1.807, 2.05) is 60.7 Å². The third-order valence-electron chi connectivity index (χ3n) is 7.58. The first-order valence-electron chi connectivity index (χ1n) is 10.6. The summed E-state index contributed by atoms with van der Waals surface area (Å²) in [6, 6.07) is 17.7. The van der Waals surface area contributed by atoms with E-state index in [4.69, 9.17) is 5.73 Å². The number of hydrogen-bond acceptors (Lipinski definition) is 4. The number of nitrogens with two attached hydrogens (primary N) is 1. The van der Waals surface area contributed by atoms with E-state index < -0.39 is 27.5 Å². The molecule has 2 aliphatic carbocycles. The van der Waals surface area contributed by atoms with Gasteiger partial charge in [0.15, 0.2) is 0 Å². The molecule has 4 rings (SSSR count). The summed E-state index contributed by atoms with van der Waals surface area (Å²) in [5, 5.41) is 0. The van der Waals surface area contributed by atoms with Crippen LogP contribution >= 0.6 is 0 Å². The van der Waals surface area contributed by atoms with Crippen molar-refractivity contribution in [2.75, 3.05) is 5.75 Å². The van der Waals surface area contributed by atoms with Crippen LogP contribution in [-0.4, -0.2) is 20.0 Å². The molecule has 5 nitrogen and oxygen atoms in total. The van der Waals surface area contributed by atoms with Gasteiger partial charge in [0, 0.05) is 11.8 Å². The Morgan fingerprint density at radius 2 is 1.60 bits per heavy atom. The van der Waals surface area contributed by atoms with Crippen molar-refractivity contribution >= 4 is 15.8 Å². The molecule has 0 spiro atoms. The van der Waals surface area contributed by atoms with Crippen molar-refractivity contribution in [1.29, 1.82) is 0 Å². The van der Waals surface area contributed by atoms with Crippen LogP contribution in [0, 0.1) is 16.7 Å². The summed E-state index contributed by atoms with van der Waals surface area (Å²) < 4.78 is 29.7. The fourth-order valence-corrected chi connectivity index (χ4v) is 7.62. The molecule has 2 aromatic carbocycles. The van der Waals surface area contributed by atoms with Crippen molar-refractivity contribution in [1.82, 2.24) is 4.72 Å². The maximum atomic E-state index is 13.4. The lowest BCUT2D eigenvalue weighted by molar-refractivity contribution is -0.128. The van der Waals surface area contributed by atoms with Gasteiger partial charge in [0.2, 0.25) is 10.0 Å². The van der Waals surface area contributed by atoms with Crippen LogP contribution in [0.5, 0.6) is 0 Å². The number of carbonyl (C=O) groups excluding carboxylic acids is 1. The monoisotopic (exact) mass is 426 g/mol. The Morgan fingerprint density at radius 3 is 2.10 bits per heavy atom. The van der Waals surface area contributed by atoms with Gasteiger partial charge in [-0.15, -0.1) is 0 Å². The fraction of sp³-hybridized carbons (Fsp3) is 0.458. The summed E-state index contributed by atoms with van der Waals surface area (Å²) in [6.45, 7) is 4.10. The molecule has 2 aliphatic rings. The summed E-state index contributed by atoms with van der Waals surface area (Å²) in [6.07, 6.45) is 2.05. The highest BCUT2D eigenvalue weighted by molar-refractivity contribution is 7.89. The van der Waals surface area contributed by atoms with Gasteiger partial charge in [0.1, 0.15) is 5.78 Å². The van der Waals surface area contributed by atoms with Gasteiger partial charge in [-0.3, -0.25) is 4.79 Å². The molecule has 0 amide bonds. The van der Waals surface area contributed by atoms with Crippen LogP contribution in [0.15, 0.2) is 60.7 Å². The predicted octanol–water partition coefficient (Wildman–Crippen LogP) is 3.74. The first kappa shape index (κ1) is 21.2. The third-order valence-corrected chi connectivity index (χ3v) is 9.07. The normalized spacial score (nSPS) is 27.2. The van der Waals surface area contributed by atoms with Gasteiger partial charge in [0.25, 0.3) is 0 Å². The maximum absolute atomic E-state index is 13.4. The van der Waals surface area contributed by atoms with Gasteiger partial charge >= 0.3 is 0 Å². The molecule has 2 fully saturated rings. The van der Waals surface area contributed by atoms with E-state index >= 15 is 0 Å². The fourth-order valence-electron chi connectivity index (χ4n) is 5.54. The molecule has 0 saturated heterocycles. The van der Waals surface area contributed by atoms with E-state index in [2.05, 4.69) is 18.6 Å². The largest absolute Gasteiger partial charge is 0.322 e. The minimum atomic E-state index is -3.76. The van der Waals surface area contributed by atoms with E-state index in [0.29, 0.717) is 12.8 Å². The molecule has 2 bridgehead atoms. The van der Waals surface area contributed by atoms with Gasteiger partial charge in [-0.2, -0.15) is 0 Å². The van der Waals surface area contributed by atoms with E-state index in [9.17, 15) is 13.2 Å². The Bertz CT molecular complexity index is 1020. The topological polar surface area (TPSA) is 89.3 Å². The van der Waals surface area contributed by atoms with E-state index in [0.717, 1.165) is 17.5 Å². The highest BCUT2D eigenvalue weighted by atomic mass is 32.2. The Balaban J connectivity index is 1.65. The second-order valence-corrected chi connectivity index (χ2v) is 11.1. The van der Waals surface area contributed by atoms with E-state index in [-0.39, 0.29) is 22.9 Å².